The van der Waals surface area contributed by atoms with Gasteiger partial charge in [-0.25, -0.2) is 0 Å². The van der Waals surface area contributed by atoms with Crippen molar-refractivity contribution in [3.05, 3.63) is 45.2 Å². The average Bonchev–Trinajstić information content (AvgIpc) is 2.72. The fourth-order valence-electron chi connectivity index (χ4n) is 5.85. The number of Topliss-reactive ketones (excluding diaryl/α,β-unsaturated/α-hetero) is 2. The first-order chi connectivity index (χ1) is 15.4. The van der Waals surface area contributed by atoms with Gasteiger partial charge in [-0.15, -0.1) is 0 Å². The Hall–Kier alpha value is -3.17. The number of aliphatic hydroxyl groups is 3. The van der Waals surface area contributed by atoms with Gasteiger partial charge < -0.3 is 26.2 Å². The summed E-state index contributed by atoms with van der Waals surface area (Å²) in [5, 5.41) is 44.2. The molecule has 4 atom stereocenters. The van der Waals surface area contributed by atoms with E-state index >= 15 is 0 Å². The highest BCUT2D eigenvalue weighted by Crippen LogP contribution is 2.53. The Balaban J connectivity index is 2.00. The summed E-state index contributed by atoms with van der Waals surface area (Å²) in [5.41, 5.74) is 4.06. The molecule has 0 unspecified atom stereocenters. The van der Waals surface area contributed by atoms with Crippen LogP contribution in [0.2, 0.25) is 0 Å². The summed E-state index contributed by atoms with van der Waals surface area (Å²) in [6, 6.07) is 0.757. The molecule has 3 aliphatic carbocycles. The van der Waals surface area contributed by atoms with Gasteiger partial charge in [0.25, 0.3) is 5.91 Å². The molecule has 0 aromatic heterocycles. The third kappa shape index (κ3) is 2.88. The standard InChI is InChI=1S/C24H28N2O7/c1-5-10-6-9(2)18(27)15-12(10)7-11-8-13-17(26(3)4)20(29)16(23(25)32)22(31)24(13,33)21(30)14(11)19(15)28/h6,11,13,17,27-28,31,33H,5,7-8H2,1-4H3,(H2,25,32)/t11-,13-,17-,24-/m1/s1. The number of ketones is 2. The van der Waals surface area contributed by atoms with Gasteiger partial charge in [0.2, 0.25) is 5.78 Å². The minimum absolute atomic E-state index is 0.0869. The van der Waals surface area contributed by atoms with Crippen molar-refractivity contribution in [2.24, 2.45) is 17.6 Å². The largest absolute Gasteiger partial charge is 0.508 e. The van der Waals surface area contributed by atoms with Crippen molar-refractivity contribution in [1.29, 1.82) is 0 Å². The third-order valence-corrected chi connectivity index (χ3v) is 7.38. The van der Waals surface area contributed by atoms with Gasteiger partial charge >= 0.3 is 0 Å². The molecule has 0 heterocycles. The lowest BCUT2D eigenvalue weighted by Gasteiger charge is -2.50. The van der Waals surface area contributed by atoms with Crippen LogP contribution in [-0.4, -0.2) is 68.5 Å². The number of rotatable bonds is 3. The Morgan fingerprint density at radius 1 is 1.24 bits per heavy atom. The zero-order chi connectivity index (χ0) is 24.6. The summed E-state index contributed by atoms with van der Waals surface area (Å²) in [7, 11) is 3.15. The first kappa shape index (κ1) is 23.0. The topological polar surface area (TPSA) is 161 Å². The van der Waals surface area contributed by atoms with E-state index in [0.717, 1.165) is 5.56 Å². The predicted octanol–water partition coefficient (Wildman–Crippen LogP) is 0.835. The lowest BCUT2D eigenvalue weighted by molar-refractivity contribution is -0.153. The number of carbonyl (C=O) groups excluding carboxylic acids is 3. The number of phenols is 1. The fourth-order valence-corrected chi connectivity index (χ4v) is 5.85. The van der Waals surface area contributed by atoms with Gasteiger partial charge in [-0.2, -0.15) is 0 Å². The second kappa shape index (κ2) is 7.43. The smallest absolute Gasteiger partial charge is 0.255 e. The molecule has 176 valence electrons. The number of primary amides is 1. The van der Waals surface area contributed by atoms with Gasteiger partial charge in [0.1, 0.15) is 22.8 Å². The van der Waals surface area contributed by atoms with E-state index in [0.29, 0.717) is 24.0 Å². The van der Waals surface area contributed by atoms with Crippen LogP contribution in [0.1, 0.15) is 35.6 Å². The molecule has 0 aliphatic heterocycles. The number of fused-ring (bicyclic) bond motifs is 3. The molecule has 0 saturated heterocycles. The number of carbonyl (C=O) groups is 3. The summed E-state index contributed by atoms with van der Waals surface area (Å²) >= 11 is 0. The molecule has 3 aliphatic rings. The Morgan fingerprint density at radius 3 is 2.42 bits per heavy atom. The van der Waals surface area contributed by atoms with Gasteiger partial charge in [-0.1, -0.05) is 13.0 Å². The minimum atomic E-state index is -2.61. The normalized spacial score (nSPS) is 29.2. The van der Waals surface area contributed by atoms with Crippen LogP contribution >= 0.6 is 0 Å². The number of phenolic OH excluding ortho intramolecular Hbond substituents is 1. The number of nitrogens with two attached hydrogens (primary N) is 1. The Morgan fingerprint density at radius 2 is 1.88 bits per heavy atom. The highest BCUT2D eigenvalue weighted by molar-refractivity contribution is 6.24. The van der Waals surface area contributed by atoms with Crippen LogP contribution in [0, 0.1) is 18.8 Å². The average molecular weight is 456 g/mol. The van der Waals surface area contributed by atoms with E-state index < -0.39 is 58.0 Å². The molecular weight excluding hydrogens is 428 g/mol. The number of benzene rings is 1. The van der Waals surface area contributed by atoms with E-state index in [-0.39, 0.29) is 23.3 Å². The molecule has 6 N–H and O–H groups in total. The van der Waals surface area contributed by atoms with Crippen molar-refractivity contribution in [3.63, 3.8) is 0 Å². The van der Waals surface area contributed by atoms with Crippen LogP contribution in [0.3, 0.4) is 0 Å². The number of likely N-dealkylation sites (N-methyl/N-ethyl adjacent to an activating group) is 1. The maximum atomic E-state index is 13.7. The Labute approximate surface area is 190 Å². The number of aliphatic hydroxyl groups excluding tert-OH is 2. The van der Waals surface area contributed by atoms with Gasteiger partial charge in [0.05, 0.1) is 11.6 Å². The number of hydrogen-bond acceptors (Lipinski definition) is 8. The number of aryl methyl sites for hydroxylation is 2. The minimum Gasteiger partial charge on any atom is -0.508 e. The molecule has 9 nitrogen and oxygen atoms in total. The third-order valence-electron chi connectivity index (χ3n) is 7.38. The number of nitrogens with zero attached hydrogens (tertiary/aromatic N) is 1. The highest BCUT2D eigenvalue weighted by Gasteiger charge is 2.64. The van der Waals surface area contributed by atoms with E-state index in [1.807, 2.05) is 13.0 Å². The second-order valence-corrected chi connectivity index (χ2v) is 9.37. The quantitative estimate of drug-likeness (QED) is 0.418. The number of aromatic hydroxyl groups is 1. The van der Waals surface area contributed by atoms with Crippen LogP contribution in [0.5, 0.6) is 5.75 Å². The first-order valence-electron chi connectivity index (χ1n) is 10.9. The van der Waals surface area contributed by atoms with Crippen molar-refractivity contribution in [1.82, 2.24) is 4.90 Å². The monoisotopic (exact) mass is 456 g/mol. The maximum absolute atomic E-state index is 13.7. The van der Waals surface area contributed by atoms with Crippen molar-refractivity contribution in [2.75, 3.05) is 14.1 Å². The van der Waals surface area contributed by atoms with Gasteiger partial charge in [-0.3, -0.25) is 19.3 Å². The summed E-state index contributed by atoms with van der Waals surface area (Å²) in [6.07, 6.45) is 1.04. The number of hydrogen-bond donors (Lipinski definition) is 5. The predicted molar refractivity (Wildman–Crippen MR) is 118 cm³/mol. The summed E-state index contributed by atoms with van der Waals surface area (Å²) in [5.74, 6) is -6.33. The van der Waals surface area contributed by atoms with Crippen molar-refractivity contribution in [3.8, 4) is 5.75 Å². The van der Waals surface area contributed by atoms with Crippen LogP contribution < -0.4 is 5.73 Å². The van der Waals surface area contributed by atoms with E-state index in [1.165, 1.54) is 4.90 Å². The molecule has 1 aromatic carbocycles. The van der Waals surface area contributed by atoms with E-state index in [4.69, 9.17) is 5.73 Å². The van der Waals surface area contributed by atoms with Crippen LogP contribution in [0.25, 0.3) is 5.76 Å². The van der Waals surface area contributed by atoms with Crippen LogP contribution in [-0.2, 0) is 27.2 Å². The summed E-state index contributed by atoms with van der Waals surface area (Å²) in [6.45, 7) is 3.64. The molecule has 4 rings (SSSR count). The van der Waals surface area contributed by atoms with Crippen LogP contribution in [0.15, 0.2) is 23.0 Å². The SMILES string of the molecule is CCc1cc(C)c(O)c2c1C[C@@H]1C[C@@H]3[C@@H](N(C)C)C(=O)C(C(N)=O)=C(O)[C@]3(O)C(=O)C1=C2O. The molecule has 9 heteroatoms. The Kier molecular flexibility index (Phi) is 5.18. The van der Waals surface area contributed by atoms with Crippen LogP contribution in [0.4, 0.5) is 0 Å². The van der Waals surface area contributed by atoms with Crippen molar-refractivity contribution < 1.29 is 34.8 Å². The van der Waals surface area contributed by atoms with Crippen molar-refractivity contribution >= 4 is 23.2 Å². The van der Waals surface area contributed by atoms with E-state index in [2.05, 4.69) is 0 Å². The molecule has 0 bridgehead atoms. The molecule has 1 aromatic rings. The van der Waals surface area contributed by atoms with Gasteiger partial charge in [-0.05, 0) is 62.9 Å². The molecule has 1 amide bonds. The molecule has 1 saturated carbocycles. The summed E-state index contributed by atoms with van der Waals surface area (Å²) < 4.78 is 0. The first-order valence-corrected chi connectivity index (χ1v) is 10.9. The molecule has 1 fully saturated rings. The Bertz CT molecular complexity index is 1180. The molecule has 33 heavy (non-hydrogen) atoms. The molecule has 0 spiro atoms. The van der Waals surface area contributed by atoms with E-state index in [1.54, 1.807) is 21.0 Å². The highest BCUT2D eigenvalue weighted by atomic mass is 16.3. The summed E-state index contributed by atoms with van der Waals surface area (Å²) in [4.78, 5) is 40.2. The maximum Gasteiger partial charge on any atom is 0.255 e. The lowest BCUT2D eigenvalue weighted by Crippen LogP contribution is -2.65. The van der Waals surface area contributed by atoms with Gasteiger partial charge in [0, 0.05) is 11.5 Å². The van der Waals surface area contributed by atoms with Gasteiger partial charge in [0.15, 0.2) is 11.4 Å². The molecule has 0 radical (unpaired) electrons. The molecular formula is C24H28N2O7. The zero-order valence-electron chi connectivity index (χ0n) is 19.0. The lowest BCUT2D eigenvalue weighted by atomic mass is 9.57. The number of amides is 1. The zero-order valence-corrected chi connectivity index (χ0v) is 19.0. The van der Waals surface area contributed by atoms with Crippen molar-refractivity contribution in [2.45, 2.75) is 44.8 Å². The second-order valence-electron chi connectivity index (χ2n) is 9.37. The van der Waals surface area contributed by atoms with E-state index in [9.17, 15) is 34.8 Å². The fraction of sp³-hybridized carbons (Fsp3) is 0.458.